The lowest BCUT2D eigenvalue weighted by Crippen LogP contribution is -2.24. The van der Waals surface area contributed by atoms with Crippen LogP contribution in [0.4, 0.5) is 0 Å². The van der Waals surface area contributed by atoms with Gasteiger partial charge in [-0.1, -0.05) is 42.5 Å². The van der Waals surface area contributed by atoms with Crippen LogP contribution < -0.4 is 10.1 Å². The number of hydrogen-bond donors (Lipinski definition) is 1. The minimum atomic E-state index is -0.208. The summed E-state index contributed by atoms with van der Waals surface area (Å²) in [5, 5.41) is 14.0. The molecule has 0 unspecified atom stereocenters. The predicted molar refractivity (Wildman–Crippen MR) is 103 cm³/mol. The molecule has 1 aromatic heterocycles. The normalized spacial score (nSPS) is 10.4. The Balaban J connectivity index is 1.45. The highest BCUT2D eigenvalue weighted by Crippen LogP contribution is 2.22. The Morgan fingerprint density at radius 1 is 0.929 bits per heavy atom. The van der Waals surface area contributed by atoms with Crippen molar-refractivity contribution in [2.45, 2.75) is 6.54 Å². The van der Waals surface area contributed by atoms with Gasteiger partial charge in [-0.05, 0) is 52.4 Å². The summed E-state index contributed by atoms with van der Waals surface area (Å²) in [5.74, 6) is 1.27. The molecule has 7 heteroatoms. The third-order valence-electron chi connectivity index (χ3n) is 4.07. The van der Waals surface area contributed by atoms with E-state index in [1.54, 1.807) is 18.2 Å². The van der Waals surface area contributed by atoms with Crippen molar-refractivity contribution in [3.63, 3.8) is 0 Å². The average molecular weight is 371 g/mol. The summed E-state index contributed by atoms with van der Waals surface area (Å²) in [4.78, 5) is 12.7. The van der Waals surface area contributed by atoms with Gasteiger partial charge in [0, 0.05) is 6.54 Å². The SMILES string of the molecule is O=C(NCc1cccc(Oc2ccccc2)c1)c1ccccc1-n1cnnn1. The lowest BCUT2D eigenvalue weighted by molar-refractivity contribution is 0.0950. The molecule has 3 aromatic carbocycles. The van der Waals surface area contributed by atoms with E-state index in [0.717, 1.165) is 11.3 Å². The quantitative estimate of drug-likeness (QED) is 0.562. The number of aromatic nitrogens is 4. The van der Waals surface area contributed by atoms with Crippen molar-refractivity contribution in [1.29, 1.82) is 0 Å². The third-order valence-corrected chi connectivity index (χ3v) is 4.07. The number of carbonyl (C=O) groups excluding carboxylic acids is 1. The zero-order chi connectivity index (χ0) is 19.2. The molecule has 28 heavy (non-hydrogen) atoms. The van der Waals surface area contributed by atoms with Crippen LogP contribution in [0.25, 0.3) is 5.69 Å². The summed E-state index contributed by atoms with van der Waals surface area (Å²) in [5.41, 5.74) is 2.04. The third kappa shape index (κ3) is 4.04. The van der Waals surface area contributed by atoms with Gasteiger partial charge in [0.25, 0.3) is 5.91 Å². The second-order valence-corrected chi connectivity index (χ2v) is 6.02. The number of benzene rings is 3. The van der Waals surface area contributed by atoms with Crippen LogP contribution in [0.1, 0.15) is 15.9 Å². The van der Waals surface area contributed by atoms with Crippen LogP contribution in [-0.2, 0) is 6.54 Å². The molecule has 0 atom stereocenters. The van der Waals surface area contributed by atoms with Gasteiger partial charge in [-0.3, -0.25) is 4.79 Å². The molecular formula is C21H17N5O2. The summed E-state index contributed by atoms with van der Waals surface area (Å²) in [6, 6.07) is 24.3. The van der Waals surface area contributed by atoms with Crippen LogP contribution in [-0.4, -0.2) is 26.1 Å². The van der Waals surface area contributed by atoms with Crippen LogP contribution in [0.2, 0.25) is 0 Å². The van der Waals surface area contributed by atoms with Crippen molar-refractivity contribution in [2.75, 3.05) is 0 Å². The average Bonchev–Trinajstić information content (AvgIpc) is 3.28. The number of tetrazole rings is 1. The topological polar surface area (TPSA) is 81.9 Å². The molecule has 0 bridgehead atoms. The minimum absolute atomic E-state index is 0.208. The van der Waals surface area contributed by atoms with E-state index in [1.807, 2.05) is 60.7 Å². The Morgan fingerprint density at radius 2 is 1.71 bits per heavy atom. The fourth-order valence-corrected chi connectivity index (χ4v) is 2.76. The first kappa shape index (κ1) is 17.4. The molecule has 0 saturated heterocycles. The summed E-state index contributed by atoms with van der Waals surface area (Å²) in [7, 11) is 0. The zero-order valence-corrected chi connectivity index (χ0v) is 14.9. The second-order valence-electron chi connectivity index (χ2n) is 6.02. The molecular weight excluding hydrogens is 354 g/mol. The Bertz CT molecular complexity index is 1070. The summed E-state index contributed by atoms with van der Waals surface area (Å²) >= 11 is 0. The molecule has 1 N–H and O–H groups in total. The number of amides is 1. The van der Waals surface area contributed by atoms with Crippen LogP contribution in [0, 0.1) is 0 Å². The van der Waals surface area contributed by atoms with E-state index in [9.17, 15) is 4.79 Å². The van der Waals surface area contributed by atoms with Gasteiger partial charge < -0.3 is 10.1 Å². The van der Waals surface area contributed by atoms with Gasteiger partial charge in [0.05, 0.1) is 11.3 Å². The Morgan fingerprint density at radius 3 is 2.54 bits per heavy atom. The molecule has 0 spiro atoms. The zero-order valence-electron chi connectivity index (χ0n) is 14.9. The van der Waals surface area contributed by atoms with E-state index in [4.69, 9.17) is 4.74 Å². The maximum atomic E-state index is 12.7. The monoisotopic (exact) mass is 371 g/mol. The van der Waals surface area contributed by atoms with Gasteiger partial charge in [-0.15, -0.1) is 5.10 Å². The number of nitrogens with zero attached hydrogens (tertiary/aromatic N) is 4. The molecule has 0 fully saturated rings. The maximum Gasteiger partial charge on any atom is 0.253 e. The molecule has 0 saturated carbocycles. The molecule has 0 aliphatic rings. The van der Waals surface area contributed by atoms with Gasteiger partial charge in [0.1, 0.15) is 17.8 Å². The molecule has 0 radical (unpaired) electrons. The molecule has 1 amide bonds. The highest BCUT2D eigenvalue weighted by atomic mass is 16.5. The maximum absolute atomic E-state index is 12.7. The number of ether oxygens (including phenoxy) is 1. The number of rotatable bonds is 6. The molecule has 4 rings (SSSR count). The summed E-state index contributed by atoms with van der Waals surface area (Å²) < 4.78 is 7.30. The number of nitrogens with one attached hydrogen (secondary N) is 1. The first-order chi connectivity index (χ1) is 13.8. The molecule has 0 aliphatic carbocycles. The smallest absolute Gasteiger partial charge is 0.253 e. The van der Waals surface area contributed by atoms with Crippen LogP contribution >= 0.6 is 0 Å². The van der Waals surface area contributed by atoms with E-state index in [2.05, 4.69) is 20.8 Å². The standard InChI is InChI=1S/C21H17N5O2/c27-21(19-11-4-5-12-20(19)26-15-23-24-25-26)22-14-16-7-6-10-18(13-16)28-17-8-2-1-3-9-17/h1-13,15H,14H2,(H,22,27). The lowest BCUT2D eigenvalue weighted by Gasteiger charge is -2.11. The van der Waals surface area contributed by atoms with Crippen LogP contribution in [0.3, 0.4) is 0 Å². The van der Waals surface area contributed by atoms with Crippen molar-refractivity contribution >= 4 is 5.91 Å². The van der Waals surface area contributed by atoms with Gasteiger partial charge in [-0.2, -0.15) is 4.68 Å². The minimum Gasteiger partial charge on any atom is -0.457 e. The van der Waals surface area contributed by atoms with Crippen molar-refractivity contribution in [3.8, 4) is 17.2 Å². The fraction of sp³-hybridized carbons (Fsp3) is 0.0476. The molecule has 4 aromatic rings. The summed E-state index contributed by atoms with van der Waals surface area (Å²) in [6.07, 6.45) is 1.45. The Labute approximate surface area is 161 Å². The number of para-hydroxylation sites is 2. The van der Waals surface area contributed by atoms with Crippen molar-refractivity contribution in [2.24, 2.45) is 0 Å². The van der Waals surface area contributed by atoms with Crippen molar-refractivity contribution < 1.29 is 9.53 Å². The second kappa shape index (κ2) is 8.13. The van der Waals surface area contributed by atoms with Gasteiger partial charge >= 0.3 is 0 Å². The molecule has 0 aliphatic heterocycles. The van der Waals surface area contributed by atoms with Crippen molar-refractivity contribution in [1.82, 2.24) is 25.5 Å². The van der Waals surface area contributed by atoms with E-state index in [1.165, 1.54) is 11.0 Å². The van der Waals surface area contributed by atoms with E-state index < -0.39 is 0 Å². The molecule has 1 heterocycles. The summed E-state index contributed by atoms with van der Waals surface area (Å²) in [6.45, 7) is 0.370. The Hall–Kier alpha value is -4.00. The van der Waals surface area contributed by atoms with Crippen LogP contribution in [0.15, 0.2) is 85.2 Å². The highest BCUT2D eigenvalue weighted by Gasteiger charge is 2.13. The first-order valence-corrected chi connectivity index (χ1v) is 8.72. The van der Waals surface area contributed by atoms with Gasteiger partial charge in [0.2, 0.25) is 0 Å². The first-order valence-electron chi connectivity index (χ1n) is 8.72. The van der Waals surface area contributed by atoms with E-state index >= 15 is 0 Å². The fourth-order valence-electron chi connectivity index (χ4n) is 2.76. The number of carbonyl (C=O) groups is 1. The van der Waals surface area contributed by atoms with Gasteiger partial charge in [0.15, 0.2) is 0 Å². The lowest BCUT2D eigenvalue weighted by atomic mass is 10.1. The van der Waals surface area contributed by atoms with Gasteiger partial charge in [-0.25, -0.2) is 0 Å². The predicted octanol–water partition coefficient (Wildman–Crippen LogP) is 3.38. The Kier molecular flexibility index (Phi) is 5.06. The van der Waals surface area contributed by atoms with E-state index in [-0.39, 0.29) is 5.91 Å². The largest absolute Gasteiger partial charge is 0.457 e. The molecule has 7 nitrogen and oxygen atoms in total. The highest BCUT2D eigenvalue weighted by molar-refractivity contribution is 5.97. The van der Waals surface area contributed by atoms with Crippen molar-refractivity contribution in [3.05, 3.63) is 96.3 Å². The van der Waals surface area contributed by atoms with E-state index in [0.29, 0.717) is 23.5 Å². The number of hydrogen-bond acceptors (Lipinski definition) is 5. The van der Waals surface area contributed by atoms with Crippen LogP contribution in [0.5, 0.6) is 11.5 Å². The molecule has 138 valence electrons.